The van der Waals surface area contributed by atoms with Gasteiger partial charge in [0.15, 0.2) is 0 Å². The lowest BCUT2D eigenvalue weighted by molar-refractivity contribution is 0.1000. The lowest BCUT2D eigenvalue weighted by Gasteiger charge is -2.15. The number of hydrogen-bond donors (Lipinski definition) is 1. The van der Waals surface area contributed by atoms with Crippen molar-refractivity contribution in [2.45, 2.75) is 51.3 Å². The molecule has 1 N–H and O–H groups in total. The molecule has 2 atom stereocenters. The number of hydrogen-bond acceptors (Lipinski definition) is 3. The van der Waals surface area contributed by atoms with E-state index in [-0.39, 0.29) is 0 Å². The molecule has 1 fully saturated rings. The second-order valence-corrected chi connectivity index (χ2v) is 4.57. The smallest absolute Gasteiger partial charge is 0.117 e. The highest BCUT2D eigenvalue weighted by atomic mass is 16.5. The molecule has 90 valence electrons. The zero-order chi connectivity index (χ0) is 11.2. The van der Waals surface area contributed by atoms with Gasteiger partial charge in [-0.1, -0.05) is 0 Å². The number of ether oxygens (including phenoxy) is 1. The molecule has 0 amide bonds. The molecule has 0 saturated carbocycles. The first-order valence-corrected chi connectivity index (χ1v) is 6.22. The van der Waals surface area contributed by atoms with Crippen molar-refractivity contribution in [3.8, 4) is 0 Å². The minimum Gasteiger partial charge on any atom is -0.468 e. The summed E-state index contributed by atoms with van der Waals surface area (Å²) in [6.45, 7) is 4.00. The highest BCUT2D eigenvalue weighted by molar-refractivity contribution is 4.97. The van der Waals surface area contributed by atoms with Gasteiger partial charge >= 0.3 is 0 Å². The molecular weight excluding hydrogens is 202 g/mol. The lowest BCUT2D eigenvalue weighted by atomic mass is 10.1. The normalized spacial score (nSPS) is 22.4. The average molecular weight is 223 g/mol. The second-order valence-electron chi connectivity index (χ2n) is 4.57. The first-order chi connectivity index (χ1) is 7.84. The molecule has 1 aliphatic rings. The van der Waals surface area contributed by atoms with Crippen molar-refractivity contribution in [2.75, 3.05) is 6.61 Å². The van der Waals surface area contributed by atoms with Crippen LogP contribution in [0.25, 0.3) is 0 Å². The maximum absolute atomic E-state index is 5.61. The summed E-state index contributed by atoms with van der Waals surface area (Å²) >= 11 is 0. The van der Waals surface area contributed by atoms with Gasteiger partial charge in [0.25, 0.3) is 0 Å². The molecule has 3 nitrogen and oxygen atoms in total. The number of furan rings is 1. The van der Waals surface area contributed by atoms with Gasteiger partial charge in [-0.25, -0.2) is 0 Å². The van der Waals surface area contributed by atoms with Crippen LogP contribution >= 0.6 is 0 Å². The largest absolute Gasteiger partial charge is 0.468 e. The van der Waals surface area contributed by atoms with E-state index < -0.39 is 0 Å². The maximum Gasteiger partial charge on any atom is 0.117 e. The van der Waals surface area contributed by atoms with Crippen LogP contribution < -0.4 is 5.32 Å². The van der Waals surface area contributed by atoms with Crippen molar-refractivity contribution < 1.29 is 9.15 Å². The summed E-state index contributed by atoms with van der Waals surface area (Å²) in [6.07, 6.45) is 7.04. The van der Waals surface area contributed by atoms with E-state index in [0.29, 0.717) is 12.1 Å². The molecule has 1 aliphatic heterocycles. The van der Waals surface area contributed by atoms with Gasteiger partial charge < -0.3 is 14.5 Å². The van der Waals surface area contributed by atoms with Crippen LogP contribution in [0.4, 0.5) is 0 Å². The van der Waals surface area contributed by atoms with Crippen molar-refractivity contribution in [1.82, 2.24) is 5.32 Å². The summed E-state index contributed by atoms with van der Waals surface area (Å²) in [7, 11) is 0. The van der Waals surface area contributed by atoms with E-state index in [9.17, 15) is 0 Å². The third-order valence-corrected chi connectivity index (χ3v) is 3.15. The second kappa shape index (κ2) is 6.06. The van der Waals surface area contributed by atoms with Crippen LogP contribution in [0, 0.1) is 0 Å². The van der Waals surface area contributed by atoms with Crippen LogP contribution in [0.1, 0.15) is 38.4 Å². The standard InChI is InChI=1S/C13H21NO2/c1-11(6-7-12-4-2-8-15-12)14-10-13-5-3-9-16-13/h3,5,9,11-12,14H,2,4,6-8,10H2,1H3. The molecule has 3 heteroatoms. The molecule has 2 rings (SSSR count). The SMILES string of the molecule is CC(CCC1CCCO1)NCc1ccco1. The summed E-state index contributed by atoms with van der Waals surface area (Å²) < 4.78 is 10.9. The van der Waals surface area contributed by atoms with Crippen LogP contribution in [0.3, 0.4) is 0 Å². The molecular formula is C13H21NO2. The van der Waals surface area contributed by atoms with Crippen molar-refractivity contribution in [3.63, 3.8) is 0 Å². The third kappa shape index (κ3) is 3.65. The van der Waals surface area contributed by atoms with Crippen molar-refractivity contribution >= 4 is 0 Å². The van der Waals surface area contributed by atoms with Gasteiger partial charge in [-0.2, -0.15) is 0 Å². The molecule has 0 aromatic carbocycles. The van der Waals surface area contributed by atoms with E-state index >= 15 is 0 Å². The molecule has 2 unspecified atom stereocenters. The summed E-state index contributed by atoms with van der Waals surface area (Å²) in [5, 5.41) is 3.46. The average Bonchev–Trinajstić information content (AvgIpc) is 2.96. The fourth-order valence-corrected chi connectivity index (χ4v) is 2.10. The van der Waals surface area contributed by atoms with E-state index in [2.05, 4.69) is 12.2 Å². The van der Waals surface area contributed by atoms with Crippen LogP contribution in [0.5, 0.6) is 0 Å². The summed E-state index contributed by atoms with van der Waals surface area (Å²) in [4.78, 5) is 0. The summed E-state index contributed by atoms with van der Waals surface area (Å²) in [6, 6.07) is 4.45. The monoisotopic (exact) mass is 223 g/mol. The first kappa shape index (κ1) is 11.7. The van der Waals surface area contributed by atoms with E-state index in [0.717, 1.165) is 18.9 Å². The third-order valence-electron chi connectivity index (χ3n) is 3.15. The molecule has 1 aromatic rings. The van der Waals surface area contributed by atoms with E-state index in [1.165, 1.54) is 25.7 Å². The number of nitrogens with one attached hydrogen (secondary N) is 1. The Labute approximate surface area is 97.2 Å². The molecule has 2 heterocycles. The van der Waals surface area contributed by atoms with Gasteiger partial charge in [-0.05, 0) is 44.7 Å². The van der Waals surface area contributed by atoms with Gasteiger partial charge in [0.05, 0.1) is 18.9 Å². The fourth-order valence-electron chi connectivity index (χ4n) is 2.10. The topological polar surface area (TPSA) is 34.4 Å². The summed E-state index contributed by atoms with van der Waals surface area (Å²) in [5.41, 5.74) is 0. The molecule has 1 saturated heterocycles. The fraction of sp³-hybridized carbons (Fsp3) is 0.692. The molecule has 0 radical (unpaired) electrons. The van der Waals surface area contributed by atoms with Gasteiger partial charge in [-0.3, -0.25) is 0 Å². The highest BCUT2D eigenvalue weighted by Gasteiger charge is 2.16. The Morgan fingerprint density at radius 2 is 2.50 bits per heavy atom. The molecule has 0 spiro atoms. The van der Waals surface area contributed by atoms with E-state index in [1.807, 2.05) is 12.1 Å². The minimum atomic E-state index is 0.507. The van der Waals surface area contributed by atoms with Crippen molar-refractivity contribution in [1.29, 1.82) is 0 Å². The van der Waals surface area contributed by atoms with Gasteiger partial charge in [0.2, 0.25) is 0 Å². The molecule has 0 bridgehead atoms. The van der Waals surface area contributed by atoms with Crippen LogP contribution in [-0.4, -0.2) is 18.8 Å². The van der Waals surface area contributed by atoms with Gasteiger partial charge in [0, 0.05) is 12.6 Å². The van der Waals surface area contributed by atoms with Crippen LogP contribution in [0.2, 0.25) is 0 Å². The Morgan fingerprint density at radius 1 is 1.56 bits per heavy atom. The highest BCUT2D eigenvalue weighted by Crippen LogP contribution is 2.17. The maximum atomic E-state index is 5.61. The van der Waals surface area contributed by atoms with Crippen molar-refractivity contribution in [3.05, 3.63) is 24.2 Å². The zero-order valence-electron chi connectivity index (χ0n) is 9.95. The lowest BCUT2D eigenvalue weighted by Crippen LogP contribution is -2.26. The Morgan fingerprint density at radius 3 is 3.19 bits per heavy atom. The van der Waals surface area contributed by atoms with Crippen molar-refractivity contribution in [2.24, 2.45) is 0 Å². The Balaban J connectivity index is 1.58. The quantitative estimate of drug-likeness (QED) is 0.805. The van der Waals surface area contributed by atoms with Crippen LogP contribution in [0.15, 0.2) is 22.8 Å². The van der Waals surface area contributed by atoms with E-state index in [4.69, 9.17) is 9.15 Å². The van der Waals surface area contributed by atoms with Gasteiger partial charge in [-0.15, -0.1) is 0 Å². The Hall–Kier alpha value is -0.800. The van der Waals surface area contributed by atoms with Gasteiger partial charge in [0.1, 0.15) is 5.76 Å². The van der Waals surface area contributed by atoms with Crippen LogP contribution in [-0.2, 0) is 11.3 Å². The first-order valence-electron chi connectivity index (χ1n) is 6.22. The predicted molar refractivity (Wildman–Crippen MR) is 63.2 cm³/mol. The number of rotatable bonds is 6. The Bertz CT molecular complexity index is 278. The molecule has 0 aliphatic carbocycles. The predicted octanol–water partition coefficient (Wildman–Crippen LogP) is 2.72. The Kier molecular flexibility index (Phi) is 4.43. The molecule has 1 aromatic heterocycles. The minimum absolute atomic E-state index is 0.507. The van der Waals surface area contributed by atoms with E-state index in [1.54, 1.807) is 6.26 Å². The summed E-state index contributed by atoms with van der Waals surface area (Å²) in [5.74, 6) is 1.00. The zero-order valence-corrected chi connectivity index (χ0v) is 9.95. The molecule has 16 heavy (non-hydrogen) atoms.